The topological polar surface area (TPSA) is 57.6 Å². The molecule has 0 unspecified atom stereocenters. The first-order chi connectivity index (χ1) is 6.58. The standard InChI is InChI=1S/C8H18ClNO3S/c1-2-5-10(6-7-11)14(12,13)8-3-4-9/h11H,2-8H2,1H3. The van der Waals surface area contributed by atoms with Crippen LogP contribution in [0.4, 0.5) is 0 Å². The molecule has 0 radical (unpaired) electrons. The smallest absolute Gasteiger partial charge is 0.214 e. The van der Waals surface area contributed by atoms with Gasteiger partial charge < -0.3 is 5.11 Å². The lowest BCUT2D eigenvalue weighted by Crippen LogP contribution is -2.36. The van der Waals surface area contributed by atoms with E-state index in [0.29, 0.717) is 18.8 Å². The van der Waals surface area contributed by atoms with Gasteiger partial charge in [-0.05, 0) is 12.8 Å². The van der Waals surface area contributed by atoms with E-state index in [9.17, 15) is 8.42 Å². The molecule has 6 heteroatoms. The average Bonchev–Trinajstić information content (AvgIpc) is 2.14. The largest absolute Gasteiger partial charge is 0.395 e. The van der Waals surface area contributed by atoms with Crippen LogP contribution in [-0.4, -0.2) is 49.2 Å². The van der Waals surface area contributed by atoms with Crippen LogP contribution in [0.3, 0.4) is 0 Å². The minimum Gasteiger partial charge on any atom is -0.395 e. The van der Waals surface area contributed by atoms with E-state index in [2.05, 4.69) is 0 Å². The van der Waals surface area contributed by atoms with Crippen LogP contribution >= 0.6 is 11.6 Å². The van der Waals surface area contributed by atoms with Crippen LogP contribution in [0.15, 0.2) is 0 Å². The zero-order chi connectivity index (χ0) is 11.0. The third-order valence-corrected chi connectivity index (χ3v) is 3.98. The number of hydrogen-bond donors (Lipinski definition) is 1. The van der Waals surface area contributed by atoms with Crippen molar-refractivity contribution < 1.29 is 13.5 Å². The molecule has 86 valence electrons. The Morgan fingerprint density at radius 1 is 1.36 bits per heavy atom. The monoisotopic (exact) mass is 243 g/mol. The summed E-state index contributed by atoms with van der Waals surface area (Å²) in [5.74, 6) is 0.412. The number of halogens is 1. The van der Waals surface area contributed by atoms with Crippen LogP contribution in [0.5, 0.6) is 0 Å². The third kappa shape index (κ3) is 5.14. The highest BCUT2D eigenvalue weighted by Gasteiger charge is 2.19. The lowest BCUT2D eigenvalue weighted by atomic mass is 10.5. The first-order valence-electron chi connectivity index (χ1n) is 4.73. The molecule has 0 fully saturated rings. The molecule has 0 aliphatic rings. The Morgan fingerprint density at radius 2 is 2.00 bits per heavy atom. The van der Waals surface area contributed by atoms with E-state index in [1.54, 1.807) is 0 Å². The molecule has 14 heavy (non-hydrogen) atoms. The van der Waals surface area contributed by atoms with Crippen molar-refractivity contribution in [3.05, 3.63) is 0 Å². The van der Waals surface area contributed by atoms with Crippen LogP contribution in [0.25, 0.3) is 0 Å². The van der Waals surface area contributed by atoms with Gasteiger partial charge in [0.2, 0.25) is 10.0 Å². The Labute approximate surface area is 90.9 Å². The second-order valence-electron chi connectivity index (χ2n) is 2.98. The lowest BCUT2D eigenvalue weighted by molar-refractivity contribution is 0.253. The van der Waals surface area contributed by atoms with Crippen LogP contribution in [-0.2, 0) is 10.0 Å². The van der Waals surface area contributed by atoms with Gasteiger partial charge in [0.15, 0.2) is 0 Å². The maximum Gasteiger partial charge on any atom is 0.214 e. The molecule has 0 amide bonds. The van der Waals surface area contributed by atoms with Gasteiger partial charge in [-0.1, -0.05) is 6.92 Å². The second kappa shape index (κ2) is 7.45. The number of nitrogens with zero attached hydrogens (tertiary/aromatic N) is 1. The molecule has 0 saturated heterocycles. The lowest BCUT2D eigenvalue weighted by Gasteiger charge is -2.20. The van der Waals surface area contributed by atoms with Crippen molar-refractivity contribution in [2.75, 3.05) is 31.3 Å². The Hall–Kier alpha value is 0.160. The minimum absolute atomic E-state index is 0.0660. The van der Waals surface area contributed by atoms with Gasteiger partial charge in [-0.25, -0.2) is 8.42 Å². The van der Waals surface area contributed by atoms with Gasteiger partial charge in [0, 0.05) is 19.0 Å². The first kappa shape index (κ1) is 14.2. The number of sulfonamides is 1. The molecule has 0 aromatic carbocycles. The molecule has 0 aliphatic carbocycles. The van der Waals surface area contributed by atoms with Crippen molar-refractivity contribution in [3.63, 3.8) is 0 Å². The van der Waals surface area contributed by atoms with E-state index in [-0.39, 0.29) is 18.9 Å². The fraction of sp³-hybridized carbons (Fsp3) is 1.00. The first-order valence-corrected chi connectivity index (χ1v) is 6.87. The normalized spacial score (nSPS) is 12.3. The molecule has 0 atom stereocenters. The number of alkyl halides is 1. The summed E-state index contributed by atoms with van der Waals surface area (Å²) in [6.07, 6.45) is 1.20. The number of hydrogen-bond acceptors (Lipinski definition) is 3. The summed E-state index contributed by atoms with van der Waals surface area (Å²) in [5, 5.41) is 8.72. The number of aliphatic hydroxyl groups is 1. The fourth-order valence-corrected chi connectivity index (χ4v) is 3.00. The van der Waals surface area contributed by atoms with Crippen molar-refractivity contribution in [2.24, 2.45) is 0 Å². The fourth-order valence-electron chi connectivity index (χ4n) is 1.12. The van der Waals surface area contributed by atoms with Crippen molar-refractivity contribution >= 4 is 21.6 Å². The molecular weight excluding hydrogens is 226 g/mol. The maximum absolute atomic E-state index is 11.6. The van der Waals surface area contributed by atoms with Crippen molar-refractivity contribution in [1.82, 2.24) is 4.31 Å². The predicted molar refractivity (Wildman–Crippen MR) is 58.1 cm³/mol. The molecule has 1 N–H and O–H groups in total. The maximum atomic E-state index is 11.6. The zero-order valence-electron chi connectivity index (χ0n) is 8.45. The van der Waals surface area contributed by atoms with Crippen LogP contribution in [0.2, 0.25) is 0 Å². The summed E-state index contributed by atoms with van der Waals surface area (Å²) in [6.45, 7) is 2.41. The summed E-state index contributed by atoms with van der Waals surface area (Å²) in [4.78, 5) is 0. The molecule has 0 aromatic heterocycles. The summed E-state index contributed by atoms with van der Waals surface area (Å²) in [7, 11) is -3.22. The van der Waals surface area contributed by atoms with Gasteiger partial charge in [-0.15, -0.1) is 11.6 Å². The summed E-state index contributed by atoms with van der Waals surface area (Å²) in [5.41, 5.74) is 0. The third-order valence-electron chi connectivity index (χ3n) is 1.75. The van der Waals surface area contributed by atoms with Crippen molar-refractivity contribution in [2.45, 2.75) is 19.8 Å². The SMILES string of the molecule is CCCN(CCO)S(=O)(=O)CCCCl. The van der Waals surface area contributed by atoms with E-state index in [0.717, 1.165) is 6.42 Å². The number of rotatable bonds is 8. The van der Waals surface area contributed by atoms with Gasteiger partial charge >= 0.3 is 0 Å². The molecular formula is C8H18ClNO3S. The molecule has 0 bridgehead atoms. The highest BCUT2D eigenvalue weighted by atomic mass is 35.5. The van der Waals surface area contributed by atoms with E-state index in [1.807, 2.05) is 6.92 Å². The van der Waals surface area contributed by atoms with E-state index >= 15 is 0 Å². The Kier molecular flexibility index (Phi) is 7.54. The molecule has 4 nitrogen and oxygen atoms in total. The number of aliphatic hydroxyl groups excluding tert-OH is 1. The van der Waals surface area contributed by atoms with Crippen LogP contribution < -0.4 is 0 Å². The quantitative estimate of drug-likeness (QED) is 0.637. The van der Waals surface area contributed by atoms with Crippen molar-refractivity contribution in [1.29, 1.82) is 0 Å². The summed E-state index contributed by atoms with van der Waals surface area (Å²) >= 11 is 5.43. The highest BCUT2D eigenvalue weighted by molar-refractivity contribution is 7.89. The van der Waals surface area contributed by atoms with Crippen LogP contribution in [0.1, 0.15) is 19.8 Å². The predicted octanol–water partition coefficient (Wildman–Crippen LogP) is 0.649. The van der Waals surface area contributed by atoms with Crippen LogP contribution in [0, 0.1) is 0 Å². The van der Waals surface area contributed by atoms with E-state index in [4.69, 9.17) is 16.7 Å². The minimum atomic E-state index is -3.22. The molecule has 0 aromatic rings. The molecule has 0 heterocycles. The molecule has 0 saturated carbocycles. The Balaban J connectivity index is 4.29. The summed E-state index contributed by atoms with van der Waals surface area (Å²) < 4.78 is 24.6. The van der Waals surface area contributed by atoms with Gasteiger partial charge in [0.1, 0.15) is 0 Å². The van der Waals surface area contributed by atoms with Gasteiger partial charge in [0.25, 0.3) is 0 Å². The summed E-state index contributed by atoms with van der Waals surface area (Å²) in [6, 6.07) is 0. The zero-order valence-corrected chi connectivity index (χ0v) is 10.0. The second-order valence-corrected chi connectivity index (χ2v) is 5.45. The molecule has 0 aliphatic heterocycles. The van der Waals surface area contributed by atoms with E-state index < -0.39 is 10.0 Å². The molecule has 0 rings (SSSR count). The Bertz CT molecular complexity index is 225. The van der Waals surface area contributed by atoms with Gasteiger partial charge in [-0.3, -0.25) is 0 Å². The van der Waals surface area contributed by atoms with E-state index in [1.165, 1.54) is 4.31 Å². The highest BCUT2D eigenvalue weighted by Crippen LogP contribution is 2.04. The van der Waals surface area contributed by atoms with Gasteiger partial charge in [-0.2, -0.15) is 4.31 Å². The average molecular weight is 244 g/mol. The van der Waals surface area contributed by atoms with Crippen molar-refractivity contribution in [3.8, 4) is 0 Å². The Morgan fingerprint density at radius 3 is 2.43 bits per heavy atom. The van der Waals surface area contributed by atoms with Gasteiger partial charge in [0.05, 0.1) is 12.4 Å². The molecule has 0 spiro atoms.